The van der Waals surface area contributed by atoms with E-state index in [-0.39, 0.29) is 0 Å². The first kappa shape index (κ1) is 13.1. The van der Waals surface area contributed by atoms with Crippen molar-refractivity contribution < 1.29 is 0 Å². The molecule has 0 heterocycles. The van der Waals surface area contributed by atoms with E-state index in [1.807, 2.05) is 42.5 Å². The second-order valence-corrected chi connectivity index (χ2v) is 4.99. The van der Waals surface area contributed by atoms with E-state index in [1.54, 1.807) is 0 Å². The second-order valence-electron chi connectivity index (χ2n) is 4.07. The summed E-state index contributed by atoms with van der Waals surface area (Å²) in [5, 5.41) is 4.01. The fourth-order valence-electron chi connectivity index (χ4n) is 1.65. The molecule has 0 spiro atoms. The maximum Gasteiger partial charge on any atom is 0.0800 e. The summed E-state index contributed by atoms with van der Waals surface area (Å²) in [4.78, 5) is 0.848. The Bertz CT molecular complexity index is 508. The normalized spacial score (nSPS) is 10.1. The maximum absolute atomic E-state index is 5.84. The van der Waals surface area contributed by atoms with Gasteiger partial charge in [0.1, 0.15) is 0 Å². The summed E-state index contributed by atoms with van der Waals surface area (Å²) in [5.74, 6) is 0. The topological polar surface area (TPSA) is 12.0 Å². The molecule has 0 atom stereocenters. The van der Waals surface area contributed by atoms with Crippen molar-refractivity contribution in [3.8, 4) is 0 Å². The van der Waals surface area contributed by atoms with Gasteiger partial charge in [0.25, 0.3) is 0 Å². The van der Waals surface area contributed by atoms with Crippen LogP contribution in [0.3, 0.4) is 0 Å². The Hall–Kier alpha value is -1.38. The highest BCUT2D eigenvalue weighted by Crippen LogP contribution is 2.10. The average Bonchev–Trinajstić information content (AvgIpc) is 2.40. The molecule has 2 aromatic rings. The second kappa shape index (κ2) is 6.53. The van der Waals surface area contributed by atoms with Crippen molar-refractivity contribution in [2.24, 2.45) is 0 Å². The molecular weight excluding hydrogens is 262 g/mol. The number of nitrogens with one attached hydrogen (secondary N) is 1. The van der Waals surface area contributed by atoms with Crippen molar-refractivity contribution in [3.05, 3.63) is 70.7 Å². The summed E-state index contributed by atoms with van der Waals surface area (Å²) in [7, 11) is 0. The third-order valence-corrected chi connectivity index (χ3v) is 3.15. The third-order valence-electron chi connectivity index (χ3n) is 2.61. The summed E-state index contributed by atoms with van der Waals surface area (Å²) < 4.78 is 0. The molecular formula is C15H14ClNS. The van der Waals surface area contributed by atoms with Crippen LogP contribution in [0.1, 0.15) is 11.1 Å². The predicted octanol–water partition coefficient (Wildman–Crippen LogP) is 4.00. The first-order chi connectivity index (χ1) is 8.74. The minimum atomic E-state index is 0.749. The lowest BCUT2D eigenvalue weighted by atomic mass is 10.1. The summed E-state index contributed by atoms with van der Waals surface area (Å²) in [5.41, 5.74) is 2.40. The summed E-state index contributed by atoms with van der Waals surface area (Å²) in [6, 6.07) is 18.0. The molecule has 2 aromatic carbocycles. The molecule has 0 bridgehead atoms. The Morgan fingerprint density at radius 3 is 2.28 bits per heavy atom. The predicted molar refractivity (Wildman–Crippen MR) is 81.0 cm³/mol. The molecule has 0 unspecified atom stereocenters. The van der Waals surface area contributed by atoms with Gasteiger partial charge < -0.3 is 5.32 Å². The molecule has 18 heavy (non-hydrogen) atoms. The third kappa shape index (κ3) is 4.13. The Kier molecular flexibility index (Phi) is 4.73. The van der Waals surface area contributed by atoms with Crippen molar-refractivity contribution in [2.75, 3.05) is 0 Å². The van der Waals surface area contributed by atoms with Gasteiger partial charge in [0.15, 0.2) is 0 Å². The lowest BCUT2D eigenvalue weighted by molar-refractivity contribution is 0.912. The van der Waals surface area contributed by atoms with Gasteiger partial charge in [-0.1, -0.05) is 66.3 Å². The molecule has 0 aromatic heterocycles. The van der Waals surface area contributed by atoms with Crippen LogP contribution in [0.25, 0.3) is 0 Å². The zero-order valence-corrected chi connectivity index (χ0v) is 11.5. The van der Waals surface area contributed by atoms with E-state index >= 15 is 0 Å². The molecule has 0 saturated carbocycles. The van der Waals surface area contributed by atoms with E-state index in [2.05, 4.69) is 17.4 Å². The molecule has 0 aliphatic heterocycles. The monoisotopic (exact) mass is 275 g/mol. The van der Waals surface area contributed by atoms with Gasteiger partial charge in [-0.25, -0.2) is 0 Å². The fourth-order valence-corrected chi connectivity index (χ4v) is 2.01. The summed E-state index contributed by atoms with van der Waals surface area (Å²) in [6.07, 6.45) is 0.749. The lowest BCUT2D eigenvalue weighted by Gasteiger charge is -2.08. The minimum Gasteiger partial charge on any atom is -0.375 e. The van der Waals surface area contributed by atoms with E-state index in [9.17, 15) is 0 Å². The summed E-state index contributed by atoms with van der Waals surface area (Å²) in [6.45, 7) is 0.771. The van der Waals surface area contributed by atoms with Gasteiger partial charge in [0, 0.05) is 18.0 Å². The van der Waals surface area contributed by atoms with Crippen LogP contribution in [0.15, 0.2) is 54.6 Å². The standard InChI is InChI=1S/C15H14ClNS/c16-14-8-6-12(7-9-14)10-15(18)17-11-13-4-2-1-3-5-13/h1-9H,10-11H2,(H,17,18). The molecule has 0 saturated heterocycles. The number of hydrogen-bond donors (Lipinski definition) is 1. The van der Waals surface area contributed by atoms with Crippen molar-refractivity contribution in [1.29, 1.82) is 0 Å². The van der Waals surface area contributed by atoms with E-state index in [0.717, 1.165) is 23.0 Å². The molecule has 0 fully saturated rings. The summed E-state index contributed by atoms with van der Waals surface area (Å²) >= 11 is 11.2. The maximum atomic E-state index is 5.84. The Morgan fingerprint density at radius 1 is 0.944 bits per heavy atom. The number of thiocarbonyl (C=S) groups is 1. The Labute approximate surface area is 118 Å². The molecule has 0 radical (unpaired) electrons. The number of rotatable bonds is 4. The van der Waals surface area contributed by atoms with E-state index in [4.69, 9.17) is 23.8 Å². The van der Waals surface area contributed by atoms with Crippen LogP contribution in [0, 0.1) is 0 Å². The molecule has 0 aliphatic rings. The van der Waals surface area contributed by atoms with Gasteiger partial charge in [0.2, 0.25) is 0 Å². The molecule has 1 nitrogen and oxygen atoms in total. The number of hydrogen-bond acceptors (Lipinski definition) is 1. The highest BCUT2D eigenvalue weighted by molar-refractivity contribution is 7.80. The molecule has 92 valence electrons. The van der Waals surface area contributed by atoms with Crippen molar-refractivity contribution in [3.63, 3.8) is 0 Å². The Balaban J connectivity index is 1.84. The Morgan fingerprint density at radius 2 is 1.61 bits per heavy atom. The first-order valence-corrected chi connectivity index (χ1v) is 6.58. The first-order valence-electron chi connectivity index (χ1n) is 5.79. The molecule has 0 aliphatic carbocycles. The minimum absolute atomic E-state index is 0.749. The van der Waals surface area contributed by atoms with Gasteiger partial charge >= 0.3 is 0 Å². The highest BCUT2D eigenvalue weighted by atomic mass is 35.5. The van der Waals surface area contributed by atoms with Gasteiger partial charge in [-0.15, -0.1) is 0 Å². The van der Waals surface area contributed by atoms with Crippen molar-refractivity contribution >= 4 is 28.8 Å². The van der Waals surface area contributed by atoms with Crippen molar-refractivity contribution in [1.82, 2.24) is 5.32 Å². The van der Waals surface area contributed by atoms with E-state index in [1.165, 1.54) is 11.1 Å². The van der Waals surface area contributed by atoms with Crippen LogP contribution in [-0.2, 0) is 13.0 Å². The smallest absolute Gasteiger partial charge is 0.0800 e. The zero-order chi connectivity index (χ0) is 12.8. The van der Waals surface area contributed by atoms with Crippen LogP contribution >= 0.6 is 23.8 Å². The van der Waals surface area contributed by atoms with Gasteiger partial charge in [-0.05, 0) is 23.3 Å². The van der Waals surface area contributed by atoms with Gasteiger partial charge in [-0.3, -0.25) is 0 Å². The van der Waals surface area contributed by atoms with Crippen LogP contribution in [-0.4, -0.2) is 4.99 Å². The quantitative estimate of drug-likeness (QED) is 0.847. The zero-order valence-electron chi connectivity index (χ0n) is 9.90. The van der Waals surface area contributed by atoms with Crippen LogP contribution in [0.4, 0.5) is 0 Å². The number of halogens is 1. The average molecular weight is 276 g/mol. The molecule has 0 amide bonds. The SMILES string of the molecule is S=C(Cc1ccc(Cl)cc1)NCc1ccccc1. The van der Waals surface area contributed by atoms with Crippen LogP contribution in [0.2, 0.25) is 5.02 Å². The lowest BCUT2D eigenvalue weighted by Crippen LogP contribution is -2.22. The fraction of sp³-hybridized carbons (Fsp3) is 0.133. The van der Waals surface area contributed by atoms with Crippen LogP contribution in [0.5, 0.6) is 0 Å². The number of benzene rings is 2. The molecule has 2 rings (SSSR count). The van der Waals surface area contributed by atoms with Crippen molar-refractivity contribution in [2.45, 2.75) is 13.0 Å². The molecule has 1 N–H and O–H groups in total. The van der Waals surface area contributed by atoms with Crippen LogP contribution < -0.4 is 5.32 Å². The highest BCUT2D eigenvalue weighted by Gasteiger charge is 1.99. The van der Waals surface area contributed by atoms with Gasteiger partial charge in [-0.2, -0.15) is 0 Å². The van der Waals surface area contributed by atoms with E-state index in [0.29, 0.717) is 0 Å². The van der Waals surface area contributed by atoms with Gasteiger partial charge in [0.05, 0.1) is 4.99 Å². The van der Waals surface area contributed by atoms with E-state index < -0.39 is 0 Å². The molecule has 3 heteroatoms. The largest absolute Gasteiger partial charge is 0.375 e.